The van der Waals surface area contributed by atoms with E-state index in [0.717, 1.165) is 24.3 Å². The number of hydrogen-bond acceptors (Lipinski definition) is 1. The van der Waals surface area contributed by atoms with Gasteiger partial charge in [-0.15, -0.1) is 0 Å². The van der Waals surface area contributed by atoms with Crippen molar-refractivity contribution in [3.05, 3.63) is 28.8 Å². The number of rotatable bonds is 4. The van der Waals surface area contributed by atoms with Crippen LogP contribution >= 0.6 is 23.8 Å². The average Bonchev–Trinajstić information content (AvgIpc) is 2.23. The standard InChI is InChI=1S/C12H18ClN3S/c1-9-4-5-10(13)8-11(9)15-12(17)14-6-7-16(2)3/h4-5,8H,6-7H2,1-3H3,(H2,14,15,17)/p+1. The summed E-state index contributed by atoms with van der Waals surface area (Å²) in [7, 11) is 4.22. The highest BCUT2D eigenvalue weighted by Crippen LogP contribution is 2.19. The molecule has 0 aliphatic heterocycles. The van der Waals surface area contributed by atoms with E-state index >= 15 is 0 Å². The van der Waals surface area contributed by atoms with Gasteiger partial charge in [0.2, 0.25) is 0 Å². The summed E-state index contributed by atoms with van der Waals surface area (Å²) >= 11 is 11.2. The monoisotopic (exact) mass is 272 g/mol. The molecule has 0 amide bonds. The molecule has 0 saturated carbocycles. The third kappa shape index (κ3) is 5.35. The Bertz CT molecular complexity index is 393. The first-order valence-electron chi connectivity index (χ1n) is 5.59. The van der Waals surface area contributed by atoms with Crippen molar-refractivity contribution in [1.29, 1.82) is 0 Å². The van der Waals surface area contributed by atoms with E-state index in [9.17, 15) is 0 Å². The van der Waals surface area contributed by atoms with Gasteiger partial charge in [0.05, 0.1) is 27.2 Å². The minimum atomic E-state index is 0.636. The van der Waals surface area contributed by atoms with Crippen molar-refractivity contribution >= 4 is 34.6 Å². The summed E-state index contributed by atoms with van der Waals surface area (Å²) in [5.41, 5.74) is 2.07. The van der Waals surface area contributed by atoms with Gasteiger partial charge in [-0.05, 0) is 36.8 Å². The second-order valence-electron chi connectivity index (χ2n) is 4.30. The first-order valence-corrected chi connectivity index (χ1v) is 6.37. The van der Waals surface area contributed by atoms with Crippen molar-refractivity contribution in [3.63, 3.8) is 0 Å². The zero-order valence-corrected chi connectivity index (χ0v) is 12.0. The Kier molecular flexibility index (Phi) is 5.68. The fourth-order valence-corrected chi connectivity index (χ4v) is 1.71. The number of hydrogen-bond donors (Lipinski definition) is 3. The van der Waals surface area contributed by atoms with E-state index in [2.05, 4.69) is 24.7 Å². The molecule has 0 aliphatic rings. The normalized spacial score (nSPS) is 10.4. The van der Waals surface area contributed by atoms with Crippen LogP contribution in [0.4, 0.5) is 5.69 Å². The third-order valence-electron chi connectivity index (χ3n) is 2.36. The maximum absolute atomic E-state index is 5.94. The molecule has 0 bridgehead atoms. The summed E-state index contributed by atoms with van der Waals surface area (Å²) in [6.45, 7) is 3.90. The largest absolute Gasteiger partial charge is 0.357 e. The first-order chi connectivity index (χ1) is 7.99. The SMILES string of the molecule is Cc1ccc(Cl)cc1NC(=S)NCC[NH+](C)C. The molecule has 1 rings (SSSR count). The maximum Gasteiger partial charge on any atom is 0.170 e. The molecule has 5 heteroatoms. The Balaban J connectivity index is 2.47. The summed E-state index contributed by atoms with van der Waals surface area (Å²) in [6, 6.07) is 5.72. The predicted octanol–water partition coefficient (Wildman–Crippen LogP) is 1.08. The van der Waals surface area contributed by atoms with Crippen LogP contribution in [0.5, 0.6) is 0 Å². The number of anilines is 1. The summed E-state index contributed by atoms with van der Waals surface area (Å²) in [5, 5.41) is 7.66. The highest BCUT2D eigenvalue weighted by Gasteiger charge is 2.02. The molecular formula is C12H19ClN3S+. The lowest BCUT2D eigenvalue weighted by Crippen LogP contribution is -3.06. The van der Waals surface area contributed by atoms with Gasteiger partial charge in [-0.2, -0.15) is 0 Å². The number of benzene rings is 1. The Morgan fingerprint density at radius 2 is 2.12 bits per heavy atom. The number of nitrogens with one attached hydrogen (secondary N) is 3. The number of quaternary nitrogens is 1. The summed E-state index contributed by atoms with van der Waals surface area (Å²) < 4.78 is 0. The second kappa shape index (κ2) is 6.79. The second-order valence-corrected chi connectivity index (χ2v) is 5.14. The van der Waals surface area contributed by atoms with E-state index < -0.39 is 0 Å². The molecule has 0 radical (unpaired) electrons. The molecule has 17 heavy (non-hydrogen) atoms. The first kappa shape index (κ1) is 14.2. The van der Waals surface area contributed by atoms with E-state index in [-0.39, 0.29) is 0 Å². The van der Waals surface area contributed by atoms with E-state index in [4.69, 9.17) is 23.8 Å². The number of likely N-dealkylation sites (N-methyl/N-ethyl adjacent to an activating group) is 1. The van der Waals surface area contributed by atoms with Crippen molar-refractivity contribution in [2.75, 3.05) is 32.5 Å². The predicted molar refractivity (Wildman–Crippen MR) is 78.1 cm³/mol. The molecule has 0 saturated heterocycles. The molecule has 3 nitrogen and oxygen atoms in total. The molecule has 0 atom stereocenters. The van der Waals surface area contributed by atoms with Gasteiger partial charge >= 0.3 is 0 Å². The van der Waals surface area contributed by atoms with E-state index in [0.29, 0.717) is 10.1 Å². The summed E-state index contributed by atoms with van der Waals surface area (Å²) in [4.78, 5) is 1.39. The molecule has 0 fully saturated rings. The van der Waals surface area contributed by atoms with Crippen LogP contribution in [0.15, 0.2) is 18.2 Å². The number of halogens is 1. The van der Waals surface area contributed by atoms with Crippen molar-refractivity contribution in [2.24, 2.45) is 0 Å². The van der Waals surface area contributed by atoms with Gasteiger partial charge < -0.3 is 15.5 Å². The molecule has 0 aromatic heterocycles. The van der Waals surface area contributed by atoms with Crippen LogP contribution in [0.1, 0.15) is 5.56 Å². The fourth-order valence-electron chi connectivity index (χ4n) is 1.32. The summed E-state index contributed by atoms with van der Waals surface area (Å²) in [5.74, 6) is 0. The molecular weight excluding hydrogens is 254 g/mol. The minimum Gasteiger partial charge on any atom is -0.357 e. The molecule has 94 valence electrons. The van der Waals surface area contributed by atoms with Crippen LogP contribution in [-0.4, -0.2) is 32.3 Å². The van der Waals surface area contributed by atoms with Crippen LogP contribution in [0.2, 0.25) is 5.02 Å². The van der Waals surface area contributed by atoms with Gasteiger partial charge in [0.1, 0.15) is 0 Å². The van der Waals surface area contributed by atoms with Crippen molar-refractivity contribution in [1.82, 2.24) is 5.32 Å². The van der Waals surface area contributed by atoms with E-state index in [1.807, 2.05) is 25.1 Å². The fraction of sp³-hybridized carbons (Fsp3) is 0.417. The molecule has 3 N–H and O–H groups in total. The van der Waals surface area contributed by atoms with Gasteiger partial charge in [-0.3, -0.25) is 0 Å². The highest BCUT2D eigenvalue weighted by atomic mass is 35.5. The molecule has 0 aliphatic carbocycles. The topological polar surface area (TPSA) is 28.5 Å². The molecule has 0 heterocycles. The lowest BCUT2D eigenvalue weighted by Gasteiger charge is -2.13. The van der Waals surface area contributed by atoms with Crippen LogP contribution in [0.25, 0.3) is 0 Å². The van der Waals surface area contributed by atoms with Gasteiger partial charge in [0.25, 0.3) is 0 Å². The molecule has 0 unspecified atom stereocenters. The van der Waals surface area contributed by atoms with Gasteiger partial charge in [0, 0.05) is 10.7 Å². The minimum absolute atomic E-state index is 0.636. The lowest BCUT2D eigenvalue weighted by molar-refractivity contribution is -0.856. The quantitative estimate of drug-likeness (QED) is 0.717. The Morgan fingerprint density at radius 1 is 1.41 bits per heavy atom. The van der Waals surface area contributed by atoms with Gasteiger partial charge in [0.15, 0.2) is 5.11 Å². The number of thiocarbonyl (C=S) groups is 1. The highest BCUT2D eigenvalue weighted by molar-refractivity contribution is 7.80. The third-order valence-corrected chi connectivity index (χ3v) is 2.84. The molecule has 0 spiro atoms. The Morgan fingerprint density at radius 3 is 2.76 bits per heavy atom. The molecule has 1 aromatic carbocycles. The smallest absolute Gasteiger partial charge is 0.170 e. The molecule has 1 aromatic rings. The zero-order valence-electron chi connectivity index (χ0n) is 10.4. The van der Waals surface area contributed by atoms with Crippen LogP contribution in [0, 0.1) is 6.92 Å². The van der Waals surface area contributed by atoms with Crippen molar-refractivity contribution in [2.45, 2.75) is 6.92 Å². The zero-order chi connectivity index (χ0) is 12.8. The number of aryl methyl sites for hydroxylation is 1. The summed E-state index contributed by atoms with van der Waals surface area (Å²) in [6.07, 6.45) is 0. The Hall–Kier alpha value is -0.840. The van der Waals surface area contributed by atoms with Crippen LogP contribution < -0.4 is 15.5 Å². The van der Waals surface area contributed by atoms with Gasteiger partial charge in [-0.1, -0.05) is 17.7 Å². The Labute approximate surface area is 113 Å². The van der Waals surface area contributed by atoms with Crippen LogP contribution in [0.3, 0.4) is 0 Å². The van der Waals surface area contributed by atoms with Crippen LogP contribution in [-0.2, 0) is 0 Å². The lowest BCUT2D eigenvalue weighted by atomic mass is 10.2. The van der Waals surface area contributed by atoms with Crippen molar-refractivity contribution in [3.8, 4) is 0 Å². The average molecular weight is 273 g/mol. The van der Waals surface area contributed by atoms with E-state index in [1.165, 1.54) is 4.90 Å². The maximum atomic E-state index is 5.94. The van der Waals surface area contributed by atoms with E-state index in [1.54, 1.807) is 0 Å². The van der Waals surface area contributed by atoms with Crippen molar-refractivity contribution < 1.29 is 4.90 Å². The van der Waals surface area contributed by atoms with Gasteiger partial charge in [-0.25, -0.2) is 0 Å².